The number of nitrogens with zero attached hydrogens (tertiary/aromatic N) is 4. The highest BCUT2D eigenvalue weighted by Crippen LogP contribution is 2.47. The molecule has 1 aliphatic heterocycles. The van der Waals surface area contributed by atoms with E-state index in [1.54, 1.807) is 6.92 Å². The van der Waals surface area contributed by atoms with E-state index in [1.165, 1.54) is 23.6 Å². The number of anilines is 1. The van der Waals surface area contributed by atoms with Gasteiger partial charge in [0.15, 0.2) is 5.82 Å². The molecule has 0 aromatic carbocycles. The van der Waals surface area contributed by atoms with Crippen LogP contribution >= 0.6 is 7.75 Å². The van der Waals surface area contributed by atoms with Gasteiger partial charge >= 0.3 is 19.7 Å². The number of aromatic nitrogens is 3. The van der Waals surface area contributed by atoms with Crippen molar-refractivity contribution in [2.24, 2.45) is 5.92 Å². The van der Waals surface area contributed by atoms with E-state index in [1.807, 2.05) is 19.9 Å². The molecule has 1 saturated heterocycles. The molecule has 0 bridgehead atoms. The molecule has 0 aliphatic carbocycles. The summed E-state index contributed by atoms with van der Waals surface area (Å²) in [5, 5.41) is 38.4. The van der Waals surface area contributed by atoms with Crippen molar-refractivity contribution in [3.8, 4) is 6.07 Å². The fraction of sp³-hybridized carbons (Fsp3) is 0.654. The van der Waals surface area contributed by atoms with Gasteiger partial charge in [-0.15, -0.1) is 0 Å². The van der Waals surface area contributed by atoms with Gasteiger partial charge in [0.1, 0.15) is 42.3 Å². The van der Waals surface area contributed by atoms with E-state index >= 15 is 0 Å². The summed E-state index contributed by atoms with van der Waals surface area (Å²) < 4.78 is 41.7. The van der Waals surface area contributed by atoms with Gasteiger partial charge in [-0.3, -0.25) is 18.6 Å². The van der Waals surface area contributed by atoms with Gasteiger partial charge in [0.25, 0.3) is 0 Å². The summed E-state index contributed by atoms with van der Waals surface area (Å²) in [6.07, 6.45) is -0.997. The number of fused-ring (bicyclic) bond motifs is 1. The highest BCUT2D eigenvalue weighted by Gasteiger charge is 2.58. The second kappa shape index (κ2) is 15.0. The van der Waals surface area contributed by atoms with Crippen molar-refractivity contribution in [2.75, 3.05) is 25.7 Å². The number of rotatable bonds is 16. The van der Waals surface area contributed by atoms with Crippen LogP contribution in [0.4, 0.5) is 5.82 Å². The molecule has 1 aliphatic rings. The number of carbonyl (C=O) groups is 2. The number of nitrogens with two attached hydrogens (primary N) is 1. The van der Waals surface area contributed by atoms with Crippen LogP contribution in [-0.2, 0) is 43.0 Å². The molecule has 43 heavy (non-hydrogen) atoms. The van der Waals surface area contributed by atoms with Crippen molar-refractivity contribution in [1.29, 1.82) is 5.26 Å². The van der Waals surface area contributed by atoms with Gasteiger partial charge in [0.05, 0.1) is 24.8 Å². The molecule has 17 heteroatoms. The van der Waals surface area contributed by atoms with Crippen LogP contribution in [0.2, 0.25) is 0 Å². The zero-order chi connectivity index (χ0) is 31.8. The maximum Gasteiger partial charge on any atom is 0.409 e. The predicted octanol–water partition coefficient (Wildman–Crippen LogP) is 1.55. The SMILES string of the molecule is CCCC(CCC)C(=O)OCO[P@@](=O)(N[C@@H](C)C(=O)OCC)OC[C@H]1O[C@@](C#N)(c2ccc3c(N)ncnn23)[C@H](O)[C@@H]1O. The molecule has 0 radical (unpaired) electrons. The number of hydrogen-bond acceptors (Lipinski definition) is 14. The monoisotopic (exact) mass is 626 g/mol. The van der Waals surface area contributed by atoms with Crippen LogP contribution in [0.25, 0.3) is 5.52 Å². The summed E-state index contributed by atoms with van der Waals surface area (Å²) in [4.78, 5) is 28.7. The fourth-order valence-corrected chi connectivity index (χ4v) is 6.08. The van der Waals surface area contributed by atoms with Gasteiger partial charge in [-0.2, -0.15) is 10.4 Å². The molecule has 1 fully saturated rings. The number of aliphatic hydroxyl groups is 2. The Kier molecular flexibility index (Phi) is 12.0. The molecular weight excluding hydrogens is 587 g/mol. The molecule has 0 unspecified atom stereocenters. The van der Waals surface area contributed by atoms with Crippen molar-refractivity contribution in [3.63, 3.8) is 0 Å². The maximum atomic E-state index is 13.7. The number of nitriles is 1. The minimum absolute atomic E-state index is 0.0577. The van der Waals surface area contributed by atoms with Gasteiger partial charge in [-0.1, -0.05) is 26.7 Å². The second-order valence-electron chi connectivity index (χ2n) is 9.98. The average molecular weight is 627 g/mol. The lowest BCUT2D eigenvalue weighted by atomic mass is 9.92. The van der Waals surface area contributed by atoms with Crippen LogP contribution in [0.1, 0.15) is 59.1 Å². The molecule has 0 saturated carbocycles. The second-order valence-corrected chi connectivity index (χ2v) is 11.8. The number of hydrogen-bond donors (Lipinski definition) is 4. The summed E-state index contributed by atoms with van der Waals surface area (Å²) in [6.45, 7) is 5.46. The van der Waals surface area contributed by atoms with E-state index in [2.05, 4.69) is 15.2 Å². The minimum atomic E-state index is -4.45. The van der Waals surface area contributed by atoms with E-state index in [-0.39, 0.29) is 24.0 Å². The number of ether oxygens (including phenoxy) is 3. The average Bonchev–Trinajstić information content (AvgIpc) is 3.52. The van der Waals surface area contributed by atoms with Crippen LogP contribution < -0.4 is 10.8 Å². The minimum Gasteiger partial charge on any atom is -0.465 e. The molecular formula is C26H39N6O10P. The highest BCUT2D eigenvalue weighted by atomic mass is 31.2. The van der Waals surface area contributed by atoms with Gasteiger partial charge in [-0.25, -0.2) is 19.2 Å². The van der Waals surface area contributed by atoms with Crippen LogP contribution in [0.5, 0.6) is 0 Å². The van der Waals surface area contributed by atoms with E-state index in [4.69, 9.17) is 29.0 Å². The van der Waals surface area contributed by atoms with Crippen LogP contribution in [0.3, 0.4) is 0 Å². The summed E-state index contributed by atoms with van der Waals surface area (Å²) in [6, 6.07) is 3.68. The number of carbonyl (C=O) groups excluding carboxylic acids is 2. The first-order chi connectivity index (χ1) is 20.5. The van der Waals surface area contributed by atoms with E-state index < -0.39 is 63.0 Å². The number of aliphatic hydroxyl groups excluding tert-OH is 2. The first-order valence-corrected chi connectivity index (χ1v) is 15.5. The molecule has 0 spiro atoms. The molecule has 2 aromatic rings. The maximum absolute atomic E-state index is 13.7. The number of nitrogens with one attached hydrogen (secondary N) is 1. The van der Waals surface area contributed by atoms with Gasteiger partial charge < -0.3 is 30.2 Å². The Balaban J connectivity index is 1.78. The molecule has 5 N–H and O–H groups in total. The molecule has 6 atom stereocenters. The van der Waals surface area contributed by atoms with Crippen molar-refractivity contribution in [2.45, 2.75) is 83.3 Å². The smallest absolute Gasteiger partial charge is 0.409 e. The molecule has 3 heterocycles. The summed E-state index contributed by atoms with van der Waals surface area (Å²) in [7, 11) is -4.45. The number of esters is 2. The Morgan fingerprint density at radius 1 is 1.21 bits per heavy atom. The molecule has 2 aromatic heterocycles. The van der Waals surface area contributed by atoms with Crippen molar-refractivity contribution in [3.05, 3.63) is 24.2 Å². The third-order valence-corrected chi connectivity index (χ3v) is 8.56. The first kappa shape index (κ1) is 34.3. The summed E-state index contributed by atoms with van der Waals surface area (Å²) in [5.74, 6) is -1.54. The van der Waals surface area contributed by atoms with Gasteiger partial charge in [0, 0.05) is 0 Å². The van der Waals surface area contributed by atoms with Crippen LogP contribution in [0.15, 0.2) is 18.5 Å². The Morgan fingerprint density at radius 3 is 2.53 bits per heavy atom. The molecule has 16 nitrogen and oxygen atoms in total. The lowest BCUT2D eigenvalue weighted by Gasteiger charge is -2.25. The van der Waals surface area contributed by atoms with E-state index in [0.717, 1.165) is 19.2 Å². The standard InChI is InChI=1S/C26H39N6O10P/c1-5-8-17(9-6-2)25(36)39-15-41-43(37,31-16(4)24(35)38-7-3)40-12-19-21(33)22(34)26(13-27,42-19)20-11-10-18-23(28)29-14-30-32(18)20/h10-11,14,16-17,19,21-22,33-34H,5-9,12,15H2,1-4H3,(H,31,37)(H2,28,29,30)/t16-,19+,21+,22+,26-,43+/m0/s1. The topological polar surface area (TPSA) is 230 Å². The Hall–Kier alpha value is -3.16. The van der Waals surface area contributed by atoms with E-state index in [0.29, 0.717) is 18.4 Å². The summed E-state index contributed by atoms with van der Waals surface area (Å²) >= 11 is 0. The van der Waals surface area contributed by atoms with Gasteiger partial charge in [0.2, 0.25) is 12.4 Å². The third kappa shape index (κ3) is 7.68. The van der Waals surface area contributed by atoms with Crippen LogP contribution in [-0.4, -0.2) is 81.1 Å². The predicted molar refractivity (Wildman–Crippen MR) is 150 cm³/mol. The van der Waals surface area contributed by atoms with Crippen LogP contribution in [0, 0.1) is 17.2 Å². The zero-order valence-corrected chi connectivity index (χ0v) is 25.4. The number of nitrogen functional groups attached to an aromatic ring is 1. The lowest BCUT2D eigenvalue weighted by molar-refractivity contribution is -0.156. The Bertz CT molecular complexity index is 1350. The molecule has 238 valence electrons. The normalized spacial score (nSPS) is 24.0. The quantitative estimate of drug-likeness (QED) is 0.118. The molecule has 3 rings (SSSR count). The van der Waals surface area contributed by atoms with Crippen molar-refractivity contribution < 1.29 is 47.6 Å². The lowest BCUT2D eigenvalue weighted by Crippen LogP contribution is -2.41. The Labute approximate surface area is 249 Å². The van der Waals surface area contributed by atoms with E-state index in [9.17, 15) is 29.6 Å². The Morgan fingerprint density at radius 2 is 1.91 bits per heavy atom. The third-order valence-electron chi connectivity index (χ3n) is 6.92. The fourth-order valence-electron chi connectivity index (χ4n) is 4.74. The van der Waals surface area contributed by atoms with Gasteiger partial charge in [-0.05, 0) is 38.8 Å². The molecule has 0 amide bonds. The van der Waals surface area contributed by atoms with Crippen molar-refractivity contribution >= 4 is 31.0 Å². The largest absolute Gasteiger partial charge is 0.465 e. The first-order valence-electron chi connectivity index (χ1n) is 14.0. The highest BCUT2D eigenvalue weighted by molar-refractivity contribution is 7.51. The zero-order valence-electron chi connectivity index (χ0n) is 24.5. The van der Waals surface area contributed by atoms with Crippen molar-refractivity contribution in [1.82, 2.24) is 19.7 Å². The summed E-state index contributed by atoms with van der Waals surface area (Å²) in [5.41, 5.74) is 4.15.